The van der Waals surface area contributed by atoms with Crippen LogP contribution in [0.15, 0.2) is 18.2 Å². The van der Waals surface area contributed by atoms with E-state index in [4.69, 9.17) is 10.5 Å². The number of hydrogen-bond acceptors (Lipinski definition) is 3. The lowest BCUT2D eigenvalue weighted by Crippen LogP contribution is -2.30. The quantitative estimate of drug-likeness (QED) is 0.796. The van der Waals surface area contributed by atoms with Crippen LogP contribution in [-0.4, -0.2) is 32.7 Å². The predicted octanol–water partition coefficient (Wildman–Crippen LogP) is 1.32. The van der Waals surface area contributed by atoms with E-state index in [-0.39, 0.29) is 18.4 Å². The van der Waals surface area contributed by atoms with E-state index in [1.165, 1.54) is 0 Å². The van der Waals surface area contributed by atoms with Crippen LogP contribution in [0.4, 0.5) is 0 Å². The zero-order chi connectivity index (χ0) is 15.0. The number of amides is 1. The molecule has 0 fully saturated rings. The molecule has 4 heteroatoms. The number of ether oxygens (including phenoxy) is 1. The highest BCUT2D eigenvalue weighted by Gasteiger charge is 2.11. The van der Waals surface area contributed by atoms with Gasteiger partial charge in [-0.2, -0.15) is 0 Å². The third-order valence-electron chi connectivity index (χ3n) is 2.81. The first-order chi connectivity index (χ1) is 9.58. The van der Waals surface area contributed by atoms with Crippen molar-refractivity contribution in [1.82, 2.24) is 5.32 Å². The van der Waals surface area contributed by atoms with E-state index in [1.54, 1.807) is 7.11 Å². The molecule has 0 heterocycles. The van der Waals surface area contributed by atoms with Gasteiger partial charge in [-0.3, -0.25) is 4.79 Å². The minimum atomic E-state index is -0.113. The highest BCUT2D eigenvalue weighted by molar-refractivity contribution is 5.96. The largest absolute Gasteiger partial charge is 0.384 e. The molecule has 0 aliphatic heterocycles. The van der Waals surface area contributed by atoms with Crippen molar-refractivity contribution in [2.24, 2.45) is 11.7 Å². The zero-order valence-electron chi connectivity index (χ0n) is 12.3. The van der Waals surface area contributed by atoms with Crippen LogP contribution in [0.25, 0.3) is 0 Å². The van der Waals surface area contributed by atoms with Crippen molar-refractivity contribution in [3.05, 3.63) is 34.9 Å². The molecule has 4 nitrogen and oxygen atoms in total. The fourth-order valence-corrected chi connectivity index (χ4v) is 1.81. The van der Waals surface area contributed by atoms with Crippen LogP contribution in [-0.2, 0) is 4.74 Å². The topological polar surface area (TPSA) is 64.3 Å². The molecule has 1 amide bonds. The van der Waals surface area contributed by atoms with Gasteiger partial charge in [0.2, 0.25) is 0 Å². The second-order valence-electron chi connectivity index (χ2n) is 4.83. The minimum absolute atomic E-state index is 0.113. The third-order valence-corrected chi connectivity index (χ3v) is 2.81. The monoisotopic (exact) mass is 274 g/mol. The van der Waals surface area contributed by atoms with Crippen molar-refractivity contribution in [1.29, 1.82) is 0 Å². The smallest absolute Gasteiger partial charge is 0.252 e. The van der Waals surface area contributed by atoms with Crippen LogP contribution >= 0.6 is 0 Å². The van der Waals surface area contributed by atoms with Crippen molar-refractivity contribution in [3.8, 4) is 11.8 Å². The maximum absolute atomic E-state index is 12.2. The molecule has 1 atom stereocenters. The summed E-state index contributed by atoms with van der Waals surface area (Å²) in [5.41, 5.74) is 7.70. The van der Waals surface area contributed by atoms with Gasteiger partial charge in [-0.15, -0.1) is 0 Å². The van der Waals surface area contributed by atoms with Crippen molar-refractivity contribution in [2.75, 3.05) is 26.8 Å². The summed E-state index contributed by atoms with van der Waals surface area (Å²) in [7, 11) is 1.65. The number of nitrogens with two attached hydrogens (primary N) is 1. The van der Waals surface area contributed by atoms with E-state index in [0.29, 0.717) is 24.3 Å². The van der Waals surface area contributed by atoms with Crippen LogP contribution in [0, 0.1) is 24.7 Å². The average Bonchev–Trinajstić information content (AvgIpc) is 2.43. The molecular formula is C16H22N2O2. The molecule has 1 aromatic carbocycles. The maximum atomic E-state index is 12.2. The molecule has 108 valence electrons. The Morgan fingerprint density at radius 3 is 2.90 bits per heavy atom. The average molecular weight is 274 g/mol. The van der Waals surface area contributed by atoms with E-state index in [9.17, 15) is 4.79 Å². The Balaban J connectivity index is 2.83. The highest BCUT2D eigenvalue weighted by atomic mass is 16.5. The lowest BCUT2D eigenvalue weighted by atomic mass is 10.0. The normalized spacial score (nSPS) is 11.4. The fraction of sp³-hybridized carbons (Fsp3) is 0.438. The molecule has 1 rings (SSSR count). The van der Waals surface area contributed by atoms with Crippen LogP contribution in [0.3, 0.4) is 0 Å². The van der Waals surface area contributed by atoms with Crippen molar-refractivity contribution in [2.45, 2.75) is 13.8 Å². The Bertz CT molecular complexity index is 515. The Hall–Kier alpha value is -1.83. The summed E-state index contributed by atoms with van der Waals surface area (Å²) < 4.78 is 5.05. The first kappa shape index (κ1) is 16.2. The summed E-state index contributed by atoms with van der Waals surface area (Å²) in [6.07, 6.45) is 0. The first-order valence-corrected chi connectivity index (χ1v) is 6.65. The van der Waals surface area contributed by atoms with Crippen molar-refractivity contribution in [3.63, 3.8) is 0 Å². The number of hydrogen-bond donors (Lipinski definition) is 2. The Labute approximate surface area is 120 Å². The predicted molar refractivity (Wildman–Crippen MR) is 80.5 cm³/mol. The molecule has 0 radical (unpaired) electrons. The van der Waals surface area contributed by atoms with Gasteiger partial charge in [0, 0.05) is 19.2 Å². The molecule has 0 aliphatic rings. The van der Waals surface area contributed by atoms with Crippen LogP contribution in [0.5, 0.6) is 0 Å². The standard InChI is InChI=1S/C16H22N2O2/c1-12-6-7-14(5-4-8-17)15(9-12)16(19)18-10-13(2)11-20-3/h6-7,9,13H,8,10-11,17H2,1-3H3,(H,18,19). The molecular weight excluding hydrogens is 252 g/mol. The van der Waals surface area contributed by atoms with Crippen LogP contribution < -0.4 is 11.1 Å². The fourth-order valence-electron chi connectivity index (χ4n) is 1.81. The SMILES string of the molecule is COCC(C)CNC(=O)c1cc(C)ccc1C#CCN. The van der Waals surface area contributed by atoms with Crippen molar-refractivity contribution < 1.29 is 9.53 Å². The second kappa shape index (κ2) is 8.36. The minimum Gasteiger partial charge on any atom is -0.384 e. The Morgan fingerprint density at radius 2 is 2.25 bits per heavy atom. The van der Waals surface area contributed by atoms with Gasteiger partial charge in [-0.25, -0.2) is 0 Å². The number of nitrogens with one attached hydrogen (secondary N) is 1. The first-order valence-electron chi connectivity index (χ1n) is 6.65. The number of carbonyl (C=O) groups excluding carboxylic acids is 1. The van der Waals surface area contributed by atoms with Gasteiger partial charge >= 0.3 is 0 Å². The molecule has 0 saturated heterocycles. The molecule has 0 aromatic heterocycles. The van der Waals surface area contributed by atoms with Gasteiger partial charge in [-0.05, 0) is 25.0 Å². The summed E-state index contributed by atoms with van der Waals surface area (Å²) in [5, 5.41) is 2.91. The highest BCUT2D eigenvalue weighted by Crippen LogP contribution is 2.11. The van der Waals surface area contributed by atoms with Crippen LogP contribution in [0.2, 0.25) is 0 Å². The van der Waals surface area contributed by atoms with E-state index < -0.39 is 0 Å². The number of benzene rings is 1. The lowest BCUT2D eigenvalue weighted by Gasteiger charge is -2.12. The van der Waals surface area contributed by atoms with Gasteiger partial charge in [0.05, 0.1) is 18.7 Å². The molecule has 0 aliphatic carbocycles. The van der Waals surface area contributed by atoms with E-state index >= 15 is 0 Å². The number of rotatable bonds is 5. The summed E-state index contributed by atoms with van der Waals surface area (Å²) in [4.78, 5) is 12.2. The van der Waals surface area contributed by atoms with E-state index in [1.807, 2.05) is 32.0 Å². The summed E-state index contributed by atoms with van der Waals surface area (Å²) in [6, 6.07) is 5.63. The molecule has 3 N–H and O–H groups in total. The molecule has 0 saturated carbocycles. The van der Waals surface area contributed by atoms with Crippen molar-refractivity contribution >= 4 is 5.91 Å². The summed E-state index contributed by atoms with van der Waals surface area (Å²) in [6.45, 7) is 5.44. The molecule has 1 unspecified atom stereocenters. The van der Waals surface area contributed by atoms with Gasteiger partial charge in [0.15, 0.2) is 0 Å². The molecule has 1 aromatic rings. The molecule has 0 bridgehead atoms. The second-order valence-corrected chi connectivity index (χ2v) is 4.83. The third kappa shape index (κ3) is 5.04. The molecule has 20 heavy (non-hydrogen) atoms. The molecule has 0 spiro atoms. The zero-order valence-corrected chi connectivity index (χ0v) is 12.3. The lowest BCUT2D eigenvalue weighted by molar-refractivity contribution is 0.0934. The van der Waals surface area contributed by atoms with E-state index in [2.05, 4.69) is 17.2 Å². The maximum Gasteiger partial charge on any atom is 0.252 e. The van der Waals surface area contributed by atoms with Gasteiger partial charge in [0.25, 0.3) is 5.91 Å². The van der Waals surface area contributed by atoms with E-state index in [0.717, 1.165) is 5.56 Å². The van der Waals surface area contributed by atoms with Crippen LogP contribution in [0.1, 0.15) is 28.4 Å². The number of aryl methyl sites for hydroxylation is 1. The van der Waals surface area contributed by atoms with Gasteiger partial charge in [-0.1, -0.05) is 30.4 Å². The number of methoxy groups -OCH3 is 1. The Kier molecular flexibility index (Phi) is 6.78. The summed E-state index contributed by atoms with van der Waals surface area (Å²) in [5.74, 6) is 5.87. The van der Waals surface area contributed by atoms with Gasteiger partial charge in [0.1, 0.15) is 0 Å². The number of carbonyl (C=O) groups is 1. The van der Waals surface area contributed by atoms with Gasteiger partial charge < -0.3 is 15.8 Å². The Morgan fingerprint density at radius 1 is 1.50 bits per heavy atom. The summed E-state index contributed by atoms with van der Waals surface area (Å²) >= 11 is 0.